The summed E-state index contributed by atoms with van der Waals surface area (Å²) in [4.78, 5) is 38.6. The van der Waals surface area contributed by atoms with Gasteiger partial charge in [0, 0.05) is 18.4 Å². The highest BCUT2D eigenvalue weighted by atomic mass is 32.2. The third-order valence-corrected chi connectivity index (χ3v) is 9.61. The number of methoxy groups -OCH3 is 1. The monoisotopic (exact) mass is 597 g/mol. The number of nitrogens with one attached hydrogen (secondary N) is 1. The predicted molar refractivity (Wildman–Crippen MR) is 172 cm³/mol. The van der Waals surface area contributed by atoms with Gasteiger partial charge in [-0.1, -0.05) is 133 Å². The molecule has 0 saturated heterocycles. The second-order valence-corrected chi connectivity index (χ2v) is 12.3. The zero-order valence-electron chi connectivity index (χ0n) is 23.8. The van der Waals surface area contributed by atoms with Crippen LogP contribution >= 0.6 is 23.5 Å². The van der Waals surface area contributed by atoms with Gasteiger partial charge in [0.25, 0.3) is 0 Å². The fourth-order valence-corrected chi connectivity index (χ4v) is 7.17. The lowest BCUT2D eigenvalue weighted by molar-refractivity contribution is -0.144. The van der Waals surface area contributed by atoms with Gasteiger partial charge in [0.05, 0.1) is 17.8 Å². The van der Waals surface area contributed by atoms with E-state index in [4.69, 9.17) is 4.74 Å². The molecule has 4 rings (SSSR count). The van der Waals surface area contributed by atoms with Gasteiger partial charge in [-0.2, -0.15) is 0 Å². The highest BCUT2D eigenvalue weighted by molar-refractivity contribution is 8.13. The Kier molecular flexibility index (Phi) is 11.4. The second kappa shape index (κ2) is 15.4. The molecule has 0 radical (unpaired) electrons. The molecule has 4 aromatic carbocycles. The number of carbonyl (C=O) groups excluding carboxylic acids is 3. The third-order valence-electron chi connectivity index (χ3n) is 6.99. The summed E-state index contributed by atoms with van der Waals surface area (Å²) in [6, 6.07) is 39.4. The molecule has 4 aromatic rings. The minimum absolute atomic E-state index is 0.0562. The van der Waals surface area contributed by atoms with Gasteiger partial charge >= 0.3 is 5.97 Å². The molecule has 0 aliphatic carbocycles. The van der Waals surface area contributed by atoms with Crippen LogP contribution < -0.4 is 5.32 Å². The number of hydrogen-bond donors (Lipinski definition) is 1. The highest BCUT2D eigenvalue weighted by Gasteiger charge is 2.39. The Bertz CT molecular complexity index is 1340. The largest absolute Gasteiger partial charge is 0.467 e. The zero-order chi connectivity index (χ0) is 29.8. The average molecular weight is 598 g/mol. The minimum Gasteiger partial charge on any atom is -0.467 e. The minimum atomic E-state index is -0.899. The number of ether oxygens (including phenoxy) is 1. The number of amides is 1. The lowest BCUT2D eigenvalue weighted by Crippen LogP contribution is -2.47. The molecule has 7 heteroatoms. The average Bonchev–Trinajstić information content (AvgIpc) is 3.04. The summed E-state index contributed by atoms with van der Waals surface area (Å²) in [7, 11) is 1.33. The van der Waals surface area contributed by atoms with Crippen molar-refractivity contribution in [1.82, 2.24) is 5.32 Å². The van der Waals surface area contributed by atoms with Crippen molar-refractivity contribution in [1.29, 1.82) is 0 Å². The van der Waals surface area contributed by atoms with E-state index in [0.717, 1.165) is 34.0 Å². The molecule has 216 valence electrons. The molecule has 1 amide bonds. The van der Waals surface area contributed by atoms with Crippen LogP contribution in [0.3, 0.4) is 0 Å². The van der Waals surface area contributed by atoms with E-state index in [9.17, 15) is 14.4 Å². The Balaban J connectivity index is 1.67. The number of hydrogen-bond acceptors (Lipinski definition) is 6. The van der Waals surface area contributed by atoms with Crippen molar-refractivity contribution in [3.8, 4) is 0 Å². The molecule has 42 heavy (non-hydrogen) atoms. The van der Waals surface area contributed by atoms with Gasteiger partial charge in [0.2, 0.25) is 5.91 Å². The highest BCUT2D eigenvalue weighted by Crippen LogP contribution is 2.48. The first-order valence-corrected chi connectivity index (χ1v) is 15.8. The fraction of sp³-hybridized carbons (Fsp3) is 0.229. The van der Waals surface area contributed by atoms with E-state index in [1.54, 1.807) is 11.8 Å². The van der Waals surface area contributed by atoms with Gasteiger partial charge < -0.3 is 10.1 Å². The Labute approximate surface area is 256 Å². The topological polar surface area (TPSA) is 72.5 Å². The van der Waals surface area contributed by atoms with Crippen LogP contribution in [-0.4, -0.2) is 41.6 Å². The zero-order valence-corrected chi connectivity index (χ0v) is 25.4. The van der Waals surface area contributed by atoms with Crippen molar-refractivity contribution in [3.63, 3.8) is 0 Å². The van der Waals surface area contributed by atoms with Crippen LogP contribution in [0.1, 0.15) is 29.2 Å². The molecule has 2 atom stereocenters. The van der Waals surface area contributed by atoms with Crippen LogP contribution in [0.15, 0.2) is 121 Å². The molecule has 1 N–H and O–H groups in total. The van der Waals surface area contributed by atoms with Crippen molar-refractivity contribution in [2.75, 3.05) is 18.6 Å². The summed E-state index contributed by atoms with van der Waals surface area (Å²) in [6.45, 7) is 1.49. The van der Waals surface area contributed by atoms with Crippen LogP contribution in [0.25, 0.3) is 0 Å². The van der Waals surface area contributed by atoms with Gasteiger partial charge in [0.15, 0.2) is 5.12 Å². The van der Waals surface area contributed by atoms with Crippen LogP contribution in [0.2, 0.25) is 0 Å². The lowest BCUT2D eigenvalue weighted by atomic mass is 9.84. The van der Waals surface area contributed by atoms with Gasteiger partial charge in [0.1, 0.15) is 6.04 Å². The maximum Gasteiger partial charge on any atom is 0.329 e. The van der Waals surface area contributed by atoms with E-state index < -0.39 is 22.7 Å². The number of esters is 1. The standard InChI is InChI=1S/C35H35NO4S2/c1-26(37)41-24-28(23-27-15-7-3-8-16-27)33(38)36-32(34(39)40-2)25-42-35(29-17-9-4-10-18-29,30-19-11-5-12-20-30)31-21-13-6-14-22-31/h3-22,28,32H,23-25H2,1-2H3,(H,36,38)/t28-,32+/m1/s1. The smallest absolute Gasteiger partial charge is 0.329 e. The molecule has 0 spiro atoms. The Morgan fingerprint density at radius 1 is 0.714 bits per heavy atom. The molecule has 0 fully saturated rings. The first-order valence-electron chi connectivity index (χ1n) is 13.8. The van der Waals surface area contributed by atoms with E-state index >= 15 is 0 Å². The Morgan fingerprint density at radius 2 is 1.17 bits per heavy atom. The maximum absolute atomic E-state index is 13.7. The molecular formula is C35H35NO4S2. The van der Waals surface area contributed by atoms with E-state index in [1.165, 1.54) is 14.0 Å². The molecule has 5 nitrogen and oxygen atoms in total. The van der Waals surface area contributed by atoms with Crippen molar-refractivity contribution in [2.24, 2.45) is 5.92 Å². The molecule has 0 aliphatic rings. The fourth-order valence-electron chi connectivity index (χ4n) is 4.92. The second-order valence-electron chi connectivity index (χ2n) is 9.86. The van der Waals surface area contributed by atoms with Crippen LogP contribution in [0, 0.1) is 5.92 Å². The van der Waals surface area contributed by atoms with E-state index in [0.29, 0.717) is 12.2 Å². The molecule has 0 heterocycles. The third kappa shape index (κ3) is 7.93. The number of carbonyl (C=O) groups is 3. The molecule has 0 bridgehead atoms. The maximum atomic E-state index is 13.7. The van der Waals surface area contributed by atoms with Crippen molar-refractivity contribution >= 4 is 40.5 Å². The summed E-state index contributed by atoms with van der Waals surface area (Å²) < 4.78 is 4.51. The summed E-state index contributed by atoms with van der Waals surface area (Å²) >= 11 is 2.70. The Hall–Kier alpha value is -3.81. The normalized spacial score (nSPS) is 12.6. The van der Waals surface area contributed by atoms with Crippen LogP contribution in [0.5, 0.6) is 0 Å². The van der Waals surface area contributed by atoms with Crippen LogP contribution in [-0.2, 0) is 30.3 Å². The Morgan fingerprint density at radius 3 is 1.60 bits per heavy atom. The van der Waals surface area contributed by atoms with Gasteiger partial charge in [-0.15, -0.1) is 11.8 Å². The van der Waals surface area contributed by atoms with Crippen molar-refractivity contribution in [3.05, 3.63) is 144 Å². The quantitative estimate of drug-likeness (QED) is 0.140. The molecule has 0 aromatic heterocycles. The molecule has 0 saturated carbocycles. The number of rotatable bonds is 13. The molecule has 0 aliphatic heterocycles. The van der Waals surface area contributed by atoms with E-state index in [-0.39, 0.29) is 16.8 Å². The number of benzene rings is 4. The summed E-state index contributed by atoms with van der Waals surface area (Å²) in [6.07, 6.45) is 0.454. The van der Waals surface area contributed by atoms with Crippen molar-refractivity contribution in [2.45, 2.75) is 24.1 Å². The predicted octanol–water partition coefficient (Wildman–Crippen LogP) is 6.51. The SMILES string of the molecule is COC(=O)[C@H](CSC(c1ccccc1)(c1ccccc1)c1ccccc1)NC(=O)[C@@H](CSC(C)=O)Cc1ccccc1. The summed E-state index contributed by atoms with van der Waals surface area (Å²) in [5.74, 6) is -0.723. The van der Waals surface area contributed by atoms with Gasteiger partial charge in [-0.05, 0) is 28.7 Å². The first-order chi connectivity index (χ1) is 20.4. The summed E-state index contributed by atoms with van der Waals surface area (Å²) in [5.41, 5.74) is 4.16. The summed E-state index contributed by atoms with van der Waals surface area (Å²) in [5, 5.41) is 2.92. The van der Waals surface area contributed by atoms with Crippen molar-refractivity contribution < 1.29 is 19.1 Å². The van der Waals surface area contributed by atoms with Crippen LogP contribution in [0.4, 0.5) is 0 Å². The van der Waals surface area contributed by atoms with E-state index in [1.807, 2.05) is 84.9 Å². The molecular weight excluding hydrogens is 563 g/mol. The van der Waals surface area contributed by atoms with Gasteiger partial charge in [-0.25, -0.2) is 4.79 Å². The molecule has 0 unspecified atom stereocenters. The van der Waals surface area contributed by atoms with Gasteiger partial charge in [-0.3, -0.25) is 9.59 Å². The number of thioether (sulfide) groups is 2. The first kappa shape index (κ1) is 31.1. The lowest BCUT2D eigenvalue weighted by Gasteiger charge is -2.36. The van der Waals surface area contributed by atoms with E-state index in [2.05, 4.69) is 41.7 Å².